The molecule has 1 unspecified atom stereocenters. The Labute approximate surface area is 142 Å². The Morgan fingerprint density at radius 1 is 1.21 bits per heavy atom. The summed E-state index contributed by atoms with van der Waals surface area (Å²) in [7, 11) is 0. The van der Waals surface area contributed by atoms with E-state index in [0.717, 1.165) is 30.5 Å². The zero-order valence-electron chi connectivity index (χ0n) is 13.9. The van der Waals surface area contributed by atoms with Crippen LogP contribution < -0.4 is 10.6 Å². The summed E-state index contributed by atoms with van der Waals surface area (Å²) in [6.45, 7) is 3.43. The van der Waals surface area contributed by atoms with Crippen LogP contribution in [0, 0.1) is 5.82 Å². The molecule has 0 bridgehead atoms. The molecule has 2 aromatic rings. The molecule has 1 atom stereocenters. The minimum Gasteiger partial charge on any atom is -0.355 e. The third-order valence-electron chi connectivity index (χ3n) is 4.66. The highest BCUT2D eigenvalue weighted by atomic mass is 19.1. The van der Waals surface area contributed by atoms with E-state index in [0.29, 0.717) is 18.5 Å². The minimum absolute atomic E-state index is 0.0701. The van der Waals surface area contributed by atoms with Crippen molar-refractivity contribution in [2.75, 3.05) is 13.1 Å². The highest BCUT2D eigenvalue weighted by molar-refractivity contribution is 5.87. The van der Waals surface area contributed by atoms with E-state index in [1.807, 2.05) is 37.3 Å². The Morgan fingerprint density at radius 3 is 2.58 bits per heavy atom. The SMILES string of the molecule is CCNC(=O)C1(Cc2ccc(-c3ccccc3F)cc2)CCCN1. The van der Waals surface area contributed by atoms with Gasteiger partial charge in [-0.2, -0.15) is 0 Å². The number of likely N-dealkylation sites (N-methyl/N-ethyl adjacent to an activating group) is 1. The molecule has 1 amide bonds. The number of benzene rings is 2. The van der Waals surface area contributed by atoms with Crippen molar-refractivity contribution in [1.82, 2.24) is 10.6 Å². The molecule has 1 aliphatic heterocycles. The topological polar surface area (TPSA) is 41.1 Å². The second-order valence-electron chi connectivity index (χ2n) is 6.33. The van der Waals surface area contributed by atoms with Crippen molar-refractivity contribution in [3.05, 3.63) is 59.9 Å². The number of carbonyl (C=O) groups excluding carboxylic acids is 1. The van der Waals surface area contributed by atoms with Crippen LogP contribution in [0.2, 0.25) is 0 Å². The van der Waals surface area contributed by atoms with E-state index in [2.05, 4.69) is 10.6 Å². The fraction of sp³-hybridized carbons (Fsp3) is 0.350. The van der Waals surface area contributed by atoms with Gasteiger partial charge >= 0.3 is 0 Å². The molecule has 4 heteroatoms. The molecule has 1 aliphatic rings. The van der Waals surface area contributed by atoms with Crippen molar-refractivity contribution in [3.8, 4) is 11.1 Å². The van der Waals surface area contributed by atoms with E-state index in [9.17, 15) is 9.18 Å². The van der Waals surface area contributed by atoms with Crippen molar-refractivity contribution >= 4 is 5.91 Å². The second-order valence-corrected chi connectivity index (χ2v) is 6.33. The normalized spacial score (nSPS) is 20.1. The third kappa shape index (κ3) is 3.34. The van der Waals surface area contributed by atoms with Crippen LogP contribution >= 0.6 is 0 Å². The fourth-order valence-electron chi connectivity index (χ4n) is 3.41. The van der Waals surface area contributed by atoms with Gasteiger partial charge in [0.1, 0.15) is 11.4 Å². The first kappa shape index (κ1) is 16.7. The first-order valence-electron chi connectivity index (χ1n) is 8.52. The number of halogens is 1. The molecule has 126 valence electrons. The van der Waals surface area contributed by atoms with Gasteiger partial charge in [-0.25, -0.2) is 4.39 Å². The van der Waals surface area contributed by atoms with E-state index in [1.54, 1.807) is 12.1 Å². The van der Waals surface area contributed by atoms with Gasteiger partial charge in [-0.15, -0.1) is 0 Å². The standard InChI is InChI=1S/C20H23FN2O/c1-2-22-19(24)20(12-5-13-23-20)14-15-8-10-16(11-9-15)17-6-3-4-7-18(17)21/h3-4,6-11,23H,2,5,12-14H2,1H3,(H,22,24). The number of carbonyl (C=O) groups is 1. The van der Waals surface area contributed by atoms with E-state index >= 15 is 0 Å². The van der Waals surface area contributed by atoms with Gasteiger partial charge in [0.2, 0.25) is 5.91 Å². The summed E-state index contributed by atoms with van der Waals surface area (Å²) >= 11 is 0. The summed E-state index contributed by atoms with van der Waals surface area (Å²) in [5.41, 5.74) is 2.01. The van der Waals surface area contributed by atoms with E-state index < -0.39 is 5.54 Å². The summed E-state index contributed by atoms with van der Waals surface area (Å²) in [4.78, 5) is 12.5. The summed E-state index contributed by atoms with van der Waals surface area (Å²) in [5, 5.41) is 6.33. The van der Waals surface area contributed by atoms with Crippen LogP contribution in [-0.4, -0.2) is 24.5 Å². The first-order valence-corrected chi connectivity index (χ1v) is 8.52. The lowest BCUT2D eigenvalue weighted by Crippen LogP contribution is -2.55. The van der Waals surface area contributed by atoms with Gasteiger partial charge in [-0.3, -0.25) is 4.79 Å². The van der Waals surface area contributed by atoms with Crippen LogP contribution in [0.1, 0.15) is 25.3 Å². The predicted octanol–water partition coefficient (Wildman–Crippen LogP) is 3.29. The van der Waals surface area contributed by atoms with Crippen LogP contribution in [0.4, 0.5) is 4.39 Å². The lowest BCUT2D eigenvalue weighted by Gasteiger charge is -2.28. The Morgan fingerprint density at radius 2 is 1.96 bits per heavy atom. The molecule has 1 saturated heterocycles. The molecule has 2 aromatic carbocycles. The molecule has 24 heavy (non-hydrogen) atoms. The molecule has 1 heterocycles. The van der Waals surface area contributed by atoms with Gasteiger partial charge in [-0.05, 0) is 49.9 Å². The summed E-state index contributed by atoms with van der Waals surface area (Å²) in [5.74, 6) is -0.151. The quantitative estimate of drug-likeness (QED) is 0.885. The van der Waals surface area contributed by atoms with E-state index in [-0.39, 0.29) is 11.7 Å². The van der Waals surface area contributed by atoms with E-state index in [1.165, 1.54) is 6.07 Å². The molecule has 3 nitrogen and oxygen atoms in total. The molecule has 3 rings (SSSR count). The maximum atomic E-state index is 13.9. The predicted molar refractivity (Wildman–Crippen MR) is 94.2 cm³/mol. The van der Waals surface area contributed by atoms with Crippen molar-refractivity contribution in [1.29, 1.82) is 0 Å². The summed E-state index contributed by atoms with van der Waals surface area (Å²) in [6, 6.07) is 14.6. The van der Waals surface area contributed by atoms with Crippen molar-refractivity contribution in [2.45, 2.75) is 31.7 Å². The molecule has 2 N–H and O–H groups in total. The Hall–Kier alpha value is -2.20. The van der Waals surface area contributed by atoms with Crippen molar-refractivity contribution in [2.24, 2.45) is 0 Å². The van der Waals surface area contributed by atoms with Gasteiger partial charge in [0.25, 0.3) is 0 Å². The Balaban J connectivity index is 1.80. The van der Waals surface area contributed by atoms with Crippen LogP contribution in [0.15, 0.2) is 48.5 Å². The van der Waals surface area contributed by atoms with Crippen LogP contribution in [0.3, 0.4) is 0 Å². The number of amides is 1. The summed E-state index contributed by atoms with van der Waals surface area (Å²) in [6.07, 6.45) is 2.49. The van der Waals surface area contributed by atoms with Gasteiger partial charge in [0.15, 0.2) is 0 Å². The number of hydrogen-bond acceptors (Lipinski definition) is 2. The molecule has 0 aromatic heterocycles. The maximum Gasteiger partial charge on any atom is 0.240 e. The molecular weight excluding hydrogens is 303 g/mol. The highest BCUT2D eigenvalue weighted by Gasteiger charge is 2.40. The molecule has 0 spiro atoms. The lowest BCUT2D eigenvalue weighted by molar-refractivity contribution is -0.127. The van der Waals surface area contributed by atoms with Gasteiger partial charge in [0.05, 0.1) is 0 Å². The smallest absolute Gasteiger partial charge is 0.240 e. The second kappa shape index (κ2) is 7.14. The van der Waals surface area contributed by atoms with Gasteiger partial charge in [0, 0.05) is 12.1 Å². The largest absolute Gasteiger partial charge is 0.355 e. The summed E-state index contributed by atoms with van der Waals surface area (Å²) < 4.78 is 13.9. The number of rotatable bonds is 5. The first-order chi connectivity index (χ1) is 11.6. The fourth-order valence-corrected chi connectivity index (χ4v) is 3.41. The highest BCUT2D eigenvalue weighted by Crippen LogP contribution is 2.27. The molecular formula is C20H23FN2O. The molecule has 0 saturated carbocycles. The number of nitrogens with one attached hydrogen (secondary N) is 2. The van der Waals surface area contributed by atoms with Crippen LogP contribution in [0.5, 0.6) is 0 Å². The number of hydrogen-bond donors (Lipinski definition) is 2. The molecule has 0 aliphatic carbocycles. The Bertz CT molecular complexity index is 706. The monoisotopic (exact) mass is 326 g/mol. The average Bonchev–Trinajstić information content (AvgIpc) is 3.06. The maximum absolute atomic E-state index is 13.9. The van der Waals surface area contributed by atoms with Gasteiger partial charge < -0.3 is 10.6 Å². The van der Waals surface area contributed by atoms with Crippen LogP contribution in [-0.2, 0) is 11.2 Å². The van der Waals surface area contributed by atoms with Crippen molar-refractivity contribution in [3.63, 3.8) is 0 Å². The van der Waals surface area contributed by atoms with E-state index in [4.69, 9.17) is 0 Å². The van der Waals surface area contributed by atoms with Gasteiger partial charge in [-0.1, -0.05) is 42.5 Å². The minimum atomic E-state index is -0.518. The zero-order chi connectivity index (χ0) is 17.0. The lowest BCUT2D eigenvalue weighted by atomic mass is 9.87. The zero-order valence-corrected chi connectivity index (χ0v) is 13.9. The third-order valence-corrected chi connectivity index (χ3v) is 4.66. The van der Waals surface area contributed by atoms with Crippen molar-refractivity contribution < 1.29 is 9.18 Å². The Kier molecular flexibility index (Phi) is 4.95. The average molecular weight is 326 g/mol. The molecule has 1 fully saturated rings. The molecule has 0 radical (unpaired) electrons. The van der Waals surface area contributed by atoms with Crippen LogP contribution in [0.25, 0.3) is 11.1 Å².